The van der Waals surface area contributed by atoms with Crippen LogP contribution in [0.4, 0.5) is 10.1 Å². The Bertz CT molecular complexity index is 1190. The van der Waals surface area contributed by atoms with Crippen LogP contribution < -0.4 is 15.0 Å². The maximum atomic E-state index is 14.0. The molecule has 3 aromatic rings. The number of nitrogens with one attached hydrogen (secondary N) is 2. The minimum atomic E-state index is -1.39. The van der Waals surface area contributed by atoms with Crippen LogP contribution in [-0.2, 0) is 16.6 Å². The number of aromatic nitrogens is 2. The van der Waals surface area contributed by atoms with Crippen LogP contribution in [-0.4, -0.2) is 39.9 Å². The van der Waals surface area contributed by atoms with E-state index < -0.39 is 16.6 Å². The van der Waals surface area contributed by atoms with Crippen LogP contribution in [0.5, 0.6) is 5.75 Å². The molecule has 0 bridgehead atoms. The summed E-state index contributed by atoms with van der Waals surface area (Å²) in [5, 5.41) is 4.20. The van der Waals surface area contributed by atoms with Gasteiger partial charge in [-0.1, -0.05) is 18.2 Å². The van der Waals surface area contributed by atoms with Crippen LogP contribution in [0.3, 0.4) is 0 Å². The number of nitrogens with zero attached hydrogens (tertiary/aromatic N) is 2. The fourth-order valence-corrected chi connectivity index (χ4v) is 5.70. The normalized spacial score (nSPS) is 20.2. The van der Waals surface area contributed by atoms with Gasteiger partial charge in [0.25, 0.3) is 0 Å². The maximum absolute atomic E-state index is 14.0. The van der Waals surface area contributed by atoms with E-state index in [0.29, 0.717) is 28.0 Å². The molecule has 1 aromatic heterocycles. The molecule has 0 amide bonds. The highest BCUT2D eigenvalue weighted by Crippen LogP contribution is 2.42. The van der Waals surface area contributed by atoms with Gasteiger partial charge in [0.2, 0.25) is 0 Å². The van der Waals surface area contributed by atoms with Crippen molar-refractivity contribution in [2.75, 3.05) is 25.1 Å². The van der Waals surface area contributed by atoms with Gasteiger partial charge in [0.05, 0.1) is 34.7 Å². The molecule has 170 valence electrons. The largest absolute Gasteiger partial charge is 0.494 e. The van der Waals surface area contributed by atoms with Crippen molar-refractivity contribution in [3.05, 3.63) is 47.3 Å². The molecule has 2 unspecified atom stereocenters. The summed E-state index contributed by atoms with van der Waals surface area (Å²) in [4.78, 5) is 9.86. The lowest BCUT2D eigenvalue weighted by Gasteiger charge is -2.38. The molecule has 0 spiro atoms. The summed E-state index contributed by atoms with van der Waals surface area (Å²) in [5.41, 5.74) is 4.84. The zero-order valence-electron chi connectivity index (χ0n) is 18.7. The molecule has 1 saturated carbocycles. The Labute approximate surface area is 190 Å². The molecule has 2 atom stereocenters. The first kappa shape index (κ1) is 21.4. The van der Waals surface area contributed by atoms with Crippen molar-refractivity contribution in [1.29, 1.82) is 0 Å². The Kier molecular flexibility index (Phi) is 5.45. The molecule has 32 heavy (non-hydrogen) atoms. The first-order valence-corrected chi connectivity index (χ1v) is 12.5. The molecule has 2 aliphatic rings. The number of anilines is 1. The maximum Gasteiger partial charge on any atom is 0.197 e. The van der Waals surface area contributed by atoms with Crippen molar-refractivity contribution < 1.29 is 13.3 Å². The Morgan fingerprint density at radius 1 is 1.38 bits per heavy atom. The summed E-state index contributed by atoms with van der Waals surface area (Å²) in [5.74, 6) is 0.00266. The third kappa shape index (κ3) is 3.90. The van der Waals surface area contributed by atoms with Crippen molar-refractivity contribution in [3.8, 4) is 5.75 Å². The smallest absolute Gasteiger partial charge is 0.197 e. The van der Waals surface area contributed by atoms with Gasteiger partial charge in [0.1, 0.15) is 0 Å². The number of imidazole rings is 1. The number of methoxy groups -OCH3 is 1. The number of benzene rings is 2. The number of ether oxygens (including phenoxy) is 1. The van der Waals surface area contributed by atoms with Gasteiger partial charge in [0, 0.05) is 42.5 Å². The van der Waals surface area contributed by atoms with E-state index in [4.69, 9.17) is 4.74 Å². The molecule has 2 heterocycles. The second-order valence-corrected chi connectivity index (χ2v) is 10.4. The topological polar surface area (TPSA) is 70.2 Å². The molecular weight excluding hydrogens is 427 g/mol. The van der Waals surface area contributed by atoms with E-state index in [1.54, 1.807) is 0 Å². The second-order valence-electron chi connectivity index (χ2n) is 9.02. The average Bonchev–Trinajstić information content (AvgIpc) is 3.36. The van der Waals surface area contributed by atoms with Crippen molar-refractivity contribution in [2.24, 2.45) is 0 Å². The Hall–Kier alpha value is -2.45. The van der Waals surface area contributed by atoms with E-state index in [1.165, 1.54) is 43.3 Å². The fraction of sp³-hybridized carbons (Fsp3) is 0.458. The lowest BCUT2D eigenvalue weighted by molar-refractivity contribution is 0.387. The Morgan fingerprint density at radius 3 is 2.91 bits per heavy atom. The SMILES string of the molecule is CCN1CCC(NC2(C)CC2)c2cccc(CS(=O)c3nc4cc(OC)c(F)cc4[nH]3)c21. The predicted octanol–water partition coefficient (Wildman–Crippen LogP) is 4.43. The van der Waals surface area contributed by atoms with E-state index in [0.717, 1.165) is 25.1 Å². The summed E-state index contributed by atoms with van der Waals surface area (Å²) in [7, 11) is 0.0243. The number of rotatable bonds is 7. The van der Waals surface area contributed by atoms with Gasteiger partial charge in [-0.05, 0) is 44.2 Å². The van der Waals surface area contributed by atoms with Gasteiger partial charge in [-0.2, -0.15) is 0 Å². The van der Waals surface area contributed by atoms with Crippen molar-refractivity contribution in [2.45, 2.75) is 55.6 Å². The van der Waals surface area contributed by atoms with E-state index >= 15 is 0 Å². The molecule has 6 nitrogen and oxygen atoms in total. The van der Waals surface area contributed by atoms with Gasteiger partial charge < -0.3 is 19.9 Å². The molecule has 0 saturated heterocycles. The lowest BCUT2D eigenvalue weighted by atomic mass is 9.93. The van der Waals surface area contributed by atoms with Crippen LogP contribution in [0.1, 0.15) is 50.3 Å². The minimum Gasteiger partial charge on any atom is -0.494 e. The van der Waals surface area contributed by atoms with Crippen LogP contribution in [0.15, 0.2) is 35.5 Å². The molecule has 5 rings (SSSR count). The quantitative estimate of drug-likeness (QED) is 0.550. The van der Waals surface area contributed by atoms with Gasteiger partial charge in [-0.25, -0.2) is 9.37 Å². The molecular formula is C24H29FN4O2S. The van der Waals surface area contributed by atoms with E-state index in [9.17, 15) is 8.60 Å². The van der Waals surface area contributed by atoms with Crippen molar-refractivity contribution in [3.63, 3.8) is 0 Å². The highest BCUT2D eigenvalue weighted by atomic mass is 32.2. The summed E-state index contributed by atoms with van der Waals surface area (Å²) in [6.07, 6.45) is 3.51. The summed E-state index contributed by atoms with van der Waals surface area (Å²) >= 11 is 0. The highest BCUT2D eigenvalue weighted by molar-refractivity contribution is 7.84. The molecule has 1 fully saturated rings. The Balaban J connectivity index is 1.46. The third-order valence-electron chi connectivity index (χ3n) is 6.67. The van der Waals surface area contributed by atoms with Crippen molar-refractivity contribution in [1.82, 2.24) is 15.3 Å². The number of para-hydroxylation sites is 1. The summed E-state index contributed by atoms with van der Waals surface area (Å²) in [6.45, 7) is 6.33. The summed E-state index contributed by atoms with van der Waals surface area (Å²) < 4.78 is 32.4. The first-order valence-electron chi connectivity index (χ1n) is 11.2. The van der Waals surface area contributed by atoms with Gasteiger partial charge in [-0.15, -0.1) is 0 Å². The standard InChI is InChI=1S/C24H29FN4O2S/c1-4-29-11-8-18(28-24(2)9-10-24)16-7-5-6-15(22(16)29)14-32(30)23-26-19-12-17(25)21(31-3)13-20(19)27-23/h5-7,12-13,18,28H,4,8-11,14H2,1-3H3,(H,26,27). The molecule has 0 radical (unpaired) electrons. The molecule has 1 aliphatic heterocycles. The van der Waals surface area contributed by atoms with Crippen LogP contribution in [0.2, 0.25) is 0 Å². The second kappa shape index (κ2) is 8.15. The predicted molar refractivity (Wildman–Crippen MR) is 125 cm³/mol. The minimum absolute atomic E-state index is 0.125. The van der Waals surface area contributed by atoms with Crippen LogP contribution in [0.25, 0.3) is 11.0 Å². The van der Waals surface area contributed by atoms with E-state index in [2.05, 4.69) is 52.2 Å². The number of halogens is 1. The van der Waals surface area contributed by atoms with Crippen LogP contribution >= 0.6 is 0 Å². The van der Waals surface area contributed by atoms with E-state index in [1.807, 2.05) is 0 Å². The lowest BCUT2D eigenvalue weighted by Crippen LogP contribution is -2.40. The summed E-state index contributed by atoms with van der Waals surface area (Å²) in [6, 6.07) is 9.50. The average molecular weight is 457 g/mol. The number of H-pyrrole nitrogens is 1. The number of fused-ring (bicyclic) bond motifs is 2. The monoisotopic (exact) mass is 456 g/mol. The number of aromatic amines is 1. The fourth-order valence-electron chi connectivity index (χ4n) is 4.63. The van der Waals surface area contributed by atoms with E-state index in [-0.39, 0.29) is 11.3 Å². The van der Waals surface area contributed by atoms with Gasteiger partial charge in [-0.3, -0.25) is 4.21 Å². The zero-order chi connectivity index (χ0) is 22.5. The zero-order valence-corrected chi connectivity index (χ0v) is 19.5. The highest BCUT2D eigenvalue weighted by Gasteiger charge is 2.40. The van der Waals surface area contributed by atoms with Crippen LogP contribution in [0, 0.1) is 5.82 Å². The first-order chi connectivity index (χ1) is 15.4. The number of hydrogen-bond donors (Lipinski definition) is 2. The molecule has 2 aromatic carbocycles. The third-order valence-corrected chi connectivity index (χ3v) is 7.87. The number of hydrogen-bond acceptors (Lipinski definition) is 5. The van der Waals surface area contributed by atoms with Crippen molar-refractivity contribution >= 4 is 27.5 Å². The van der Waals surface area contributed by atoms with Gasteiger partial charge >= 0.3 is 0 Å². The Morgan fingerprint density at radius 2 is 2.19 bits per heavy atom. The molecule has 1 aliphatic carbocycles. The molecule has 8 heteroatoms. The molecule has 2 N–H and O–H groups in total. The van der Waals surface area contributed by atoms with Gasteiger partial charge in [0.15, 0.2) is 16.7 Å².